The van der Waals surface area contributed by atoms with E-state index >= 15 is 0 Å². The second kappa shape index (κ2) is 7.94. The van der Waals surface area contributed by atoms with Crippen LogP contribution in [0.2, 0.25) is 5.02 Å². The SMILES string of the molecule is COc1ccc(Cl)cc1C(=O)NC[C@H](OC)c1cccc(F)c1. The van der Waals surface area contributed by atoms with Gasteiger partial charge in [0.05, 0.1) is 18.8 Å². The second-order valence-electron chi connectivity index (χ2n) is 4.83. The van der Waals surface area contributed by atoms with Crippen LogP contribution in [0, 0.1) is 5.82 Å². The first-order valence-electron chi connectivity index (χ1n) is 6.95. The Balaban J connectivity index is 2.10. The van der Waals surface area contributed by atoms with Crippen LogP contribution in [0.3, 0.4) is 0 Å². The number of carbonyl (C=O) groups is 1. The van der Waals surface area contributed by atoms with E-state index in [0.29, 0.717) is 21.9 Å². The van der Waals surface area contributed by atoms with E-state index in [1.54, 1.807) is 24.3 Å². The van der Waals surface area contributed by atoms with Gasteiger partial charge in [-0.3, -0.25) is 4.79 Å². The third-order valence-electron chi connectivity index (χ3n) is 3.36. The molecule has 2 aromatic carbocycles. The number of nitrogens with one attached hydrogen (secondary N) is 1. The lowest BCUT2D eigenvalue weighted by atomic mass is 10.1. The van der Waals surface area contributed by atoms with Gasteiger partial charge in [-0.1, -0.05) is 23.7 Å². The molecule has 0 bridgehead atoms. The van der Waals surface area contributed by atoms with Crippen LogP contribution >= 0.6 is 11.6 Å². The molecule has 0 aliphatic rings. The Kier molecular flexibility index (Phi) is 5.96. The Bertz CT molecular complexity index is 693. The Labute approximate surface area is 139 Å². The zero-order chi connectivity index (χ0) is 16.8. The summed E-state index contributed by atoms with van der Waals surface area (Å²) >= 11 is 5.92. The summed E-state index contributed by atoms with van der Waals surface area (Å²) in [5.74, 6) is -0.276. The van der Waals surface area contributed by atoms with Gasteiger partial charge in [-0.15, -0.1) is 0 Å². The van der Waals surface area contributed by atoms with Crippen molar-refractivity contribution in [2.45, 2.75) is 6.10 Å². The van der Waals surface area contributed by atoms with Crippen molar-refractivity contribution in [1.29, 1.82) is 0 Å². The predicted octanol–water partition coefficient (Wildman–Crippen LogP) is 3.61. The summed E-state index contributed by atoms with van der Waals surface area (Å²) in [6, 6.07) is 10.9. The van der Waals surface area contributed by atoms with Crippen LogP contribution in [-0.4, -0.2) is 26.7 Å². The largest absolute Gasteiger partial charge is 0.496 e. The van der Waals surface area contributed by atoms with Gasteiger partial charge in [0.2, 0.25) is 0 Å². The normalized spacial score (nSPS) is 11.8. The van der Waals surface area contributed by atoms with E-state index in [9.17, 15) is 9.18 Å². The number of hydrogen-bond acceptors (Lipinski definition) is 3. The minimum absolute atomic E-state index is 0.189. The highest BCUT2D eigenvalue weighted by Gasteiger charge is 2.16. The summed E-state index contributed by atoms with van der Waals surface area (Å²) in [4.78, 5) is 12.3. The third-order valence-corrected chi connectivity index (χ3v) is 3.59. The molecule has 1 N–H and O–H groups in total. The van der Waals surface area contributed by atoms with Crippen molar-refractivity contribution >= 4 is 17.5 Å². The van der Waals surface area contributed by atoms with Gasteiger partial charge >= 0.3 is 0 Å². The highest BCUT2D eigenvalue weighted by Crippen LogP contribution is 2.23. The first kappa shape index (κ1) is 17.2. The summed E-state index contributed by atoms with van der Waals surface area (Å²) in [7, 11) is 2.98. The molecule has 0 fully saturated rings. The lowest BCUT2D eigenvalue weighted by molar-refractivity contribution is 0.0825. The van der Waals surface area contributed by atoms with Gasteiger partial charge in [0.1, 0.15) is 11.6 Å². The van der Waals surface area contributed by atoms with E-state index in [-0.39, 0.29) is 18.3 Å². The number of amides is 1. The fourth-order valence-corrected chi connectivity index (χ4v) is 2.35. The molecule has 0 aliphatic heterocycles. The number of rotatable bonds is 6. The minimum Gasteiger partial charge on any atom is -0.496 e. The van der Waals surface area contributed by atoms with Gasteiger partial charge < -0.3 is 14.8 Å². The molecule has 2 rings (SSSR count). The molecular weight excluding hydrogens is 321 g/mol. The van der Waals surface area contributed by atoms with Gasteiger partial charge in [0.25, 0.3) is 5.91 Å². The maximum Gasteiger partial charge on any atom is 0.255 e. The van der Waals surface area contributed by atoms with E-state index in [0.717, 1.165) is 0 Å². The smallest absolute Gasteiger partial charge is 0.255 e. The molecule has 0 heterocycles. The first-order valence-corrected chi connectivity index (χ1v) is 7.33. The van der Waals surface area contributed by atoms with Crippen molar-refractivity contribution in [3.63, 3.8) is 0 Å². The van der Waals surface area contributed by atoms with Crippen molar-refractivity contribution < 1.29 is 18.7 Å². The fourth-order valence-electron chi connectivity index (χ4n) is 2.18. The number of hydrogen-bond donors (Lipinski definition) is 1. The van der Waals surface area contributed by atoms with Crippen molar-refractivity contribution in [3.8, 4) is 5.75 Å². The van der Waals surface area contributed by atoms with Crippen molar-refractivity contribution in [1.82, 2.24) is 5.32 Å². The van der Waals surface area contributed by atoms with Crippen LogP contribution in [0.1, 0.15) is 22.0 Å². The lowest BCUT2D eigenvalue weighted by Crippen LogP contribution is -2.29. The van der Waals surface area contributed by atoms with Crippen LogP contribution in [0.4, 0.5) is 4.39 Å². The molecule has 0 aliphatic carbocycles. The maximum absolute atomic E-state index is 13.3. The number of benzene rings is 2. The molecule has 23 heavy (non-hydrogen) atoms. The molecule has 0 spiro atoms. The van der Waals surface area contributed by atoms with E-state index < -0.39 is 6.10 Å². The molecule has 6 heteroatoms. The van der Waals surface area contributed by atoms with Crippen molar-refractivity contribution in [2.75, 3.05) is 20.8 Å². The molecule has 4 nitrogen and oxygen atoms in total. The molecule has 2 aromatic rings. The topological polar surface area (TPSA) is 47.6 Å². The minimum atomic E-state index is -0.458. The summed E-state index contributed by atoms with van der Waals surface area (Å²) in [5, 5.41) is 3.18. The number of carbonyl (C=O) groups excluding carboxylic acids is 1. The Morgan fingerprint density at radius 1 is 1.26 bits per heavy atom. The molecule has 0 saturated carbocycles. The zero-order valence-electron chi connectivity index (χ0n) is 12.8. The van der Waals surface area contributed by atoms with E-state index in [4.69, 9.17) is 21.1 Å². The van der Waals surface area contributed by atoms with E-state index in [1.165, 1.54) is 32.4 Å². The molecule has 0 aromatic heterocycles. The number of halogens is 2. The monoisotopic (exact) mass is 337 g/mol. The summed E-state index contributed by atoms with van der Waals surface area (Å²) < 4.78 is 23.8. The summed E-state index contributed by atoms with van der Waals surface area (Å²) in [5.41, 5.74) is 0.972. The third kappa shape index (κ3) is 4.43. The molecule has 0 radical (unpaired) electrons. The average Bonchev–Trinajstić information content (AvgIpc) is 2.55. The van der Waals surface area contributed by atoms with Gasteiger partial charge in [0.15, 0.2) is 0 Å². The van der Waals surface area contributed by atoms with Crippen LogP contribution in [0.5, 0.6) is 5.75 Å². The van der Waals surface area contributed by atoms with Gasteiger partial charge in [-0.05, 0) is 35.9 Å². The van der Waals surface area contributed by atoms with Crippen LogP contribution in [0.15, 0.2) is 42.5 Å². The molecule has 1 amide bonds. The first-order chi connectivity index (χ1) is 11.0. The van der Waals surface area contributed by atoms with Crippen molar-refractivity contribution in [2.24, 2.45) is 0 Å². The molecule has 122 valence electrons. The highest BCUT2D eigenvalue weighted by molar-refractivity contribution is 6.31. The van der Waals surface area contributed by atoms with Crippen molar-refractivity contribution in [3.05, 3.63) is 64.4 Å². The van der Waals surface area contributed by atoms with Crippen LogP contribution < -0.4 is 10.1 Å². The Morgan fingerprint density at radius 3 is 2.70 bits per heavy atom. The number of methoxy groups -OCH3 is 2. The Hall–Kier alpha value is -2.11. The van der Waals surface area contributed by atoms with Gasteiger partial charge in [-0.2, -0.15) is 0 Å². The van der Waals surface area contributed by atoms with Gasteiger partial charge in [-0.25, -0.2) is 4.39 Å². The Morgan fingerprint density at radius 2 is 2.04 bits per heavy atom. The second-order valence-corrected chi connectivity index (χ2v) is 5.27. The van der Waals surface area contributed by atoms with E-state index in [2.05, 4.69) is 5.32 Å². The fraction of sp³-hybridized carbons (Fsp3) is 0.235. The molecular formula is C17H17ClFNO3. The predicted molar refractivity (Wildman–Crippen MR) is 86.5 cm³/mol. The number of ether oxygens (including phenoxy) is 2. The molecule has 0 saturated heterocycles. The lowest BCUT2D eigenvalue weighted by Gasteiger charge is -2.17. The zero-order valence-corrected chi connectivity index (χ0v) is 13.6. The van der Waals surface area contributed by atoms with Gasteiger partial charge in [0, 0.05) is 18.7 Å². The summed E-state index contributed by atoms with van der Waals surface area (Å²) in [6.07, 6.45) is -0.458. The summed E-state index contributed by atoms with van der Waals surface area (Å²) in [6.45, 7) is 0.189. The van der Waals surface area contributed by atoms with E-state index in [1.807, 2.05) is 0 Å². The van der Waals surface area contributed by atoms with Crippen LogP contribution in [0.25, 0.3) is 0 Å². The maximum atomic E-state index is 13.3. The molecule has 1 atom stereocenters. The average molecular weight is 338 g/mol. The van der Waals surface area contributed by atoms with Crippen LogP contribution in [-0.2, 0) is 4.74 Å². The molecule has 0 unspecified atom stereocenters. The quantitative estimate of drug-likeness (QED) is 0.876. The standard InChI is InChI=1S/C17H17ClFNO3/c1-22-15-7-6-12(18)9-14(15)17(21)20-10-16(23-2)11-4-3-5-13(19)8-11/h3-9,16H,10H2,1-2H3,(H,20,21)/t16-/m0/s1. The highest BCUT2D eigenvalue weighted by atomic mass is 35.5.